The Balaban J connectivity index is 1.25. The summed E-state index contributed by atoms with van der Waals surface area (Å²) >= 11 is 6.14. The molecule has 0 amide bonds. The van der Waals surface area contributed by atoms with Crippen molar-refractivity contribution in [1.29, 1.82) is 0 Å². The van der Waals surface area contributed by atoms with Crippen LogP contribution in [0.3, 0.4) is 0 Å². The number of imidazole rings is 1. The summed E-state index contributed by atoms with van der Waals surface area (Å²) in [5, 5.41) is 20.1. The summed E-state index contributed by atoms with van der Waals surface area (Å²) in [5.74, 6) is 0.0402. The molecule has 5 aromatic rings. The first-order valence-corrected chi connectivity index (χ1v) is 14.4. The number of benzene rings is 3. The molecule has 0 atom stereocenters. The van der Waals surface area contributed by atoms with Crippen molar-refractivity contribution in [1.82, 2.24) is 19.7 Å². The smallest absolute Gasteiger partial charge is 0.232 e. The minimum atomic E-state index is -0.295. The van der Waals surface area contributed by atoms with E-state index in [0.717, 1.165) is 22.2 Å². The fraction of sp³-hybridized carbons (Fsp3) is 0.290. The third kappa shape index (κ3) is 8.13. The molecule has 2 heterocycles. The number of nitrogens with one attached hydrogen (secondary N) is 1. The normalized spacial score (nSPS) is 11.2. The molecule has 44 heavy (non-hydrogen) atoms. The molecule has 0 radical (unpaired) electrons. The van der Waals surface area contributed by atoms with Crippen LogP contribution in [-0.2, 0) is 33.7 Å². The van der Waals surface area contributed by atoms with E-state index in [2.05, 4.69) is 20.0 Å². The number of hydrogen-bond acceptors (Lipinski definition) is 7. The molecule has 0 spiro atoms. The molecule has 0 aliphatic rings. The van der Waals surface area contributed by atoms with E-state index < -0.39 is 0 Å². The monoisotopic (exact) mass is 619 g/mol. The number of halogens is 2. The maximum Gasteiger partial charge on any atom is 0.232 e. The molecule has 0 fully saturated rings. The highest BCUT2D eigenvalue weighted by Crippen LogP contribution is 2.33. The van der Waals surface area contributed by atoms with E-state index in [-0.39, 0.29) is 11.7 Å². The molecule has 0 aliphatic carbocycles. The Morgan fingerprint density at radius 2 is 1.61 bits per heavy atom. The number of H-pyrrole nitrogens is 1. The number of fused-ring (bicyclic) bond motifs is 1. The molecule has 2 N–H and O–H groups in total. The molecule has 0 saturated carbocycles. The Morgan fingerprint density at radius 3 is 2.36 bits per heavy atom. The first-order chi connectivity index (χ1) is 21.5. The third-order valence-electron chi connectivity index (χ3n) is 6.81. The first-order valence-electron chi connectivity index (χ1n) is 14.1. The SMILES string of the molecule is [N-]=[N+]=NCCOCCOCCOCc1ccc(-c2nn(-c3nc4cc(Cl)ccc4[nH]3)c(O)c2CCc2ccc(F)cc2)cc1. The maximum atomic E-state index is 13.4. The second-order valence-electron chi connectivity index (χ2n) is 9.84. The van der Waals surface area contributed by atoms with Gasteiger partial charge in [0.1, 0.15) is 11.5 Å². The summed E-state index contributed by atoms with van der Waals surface area (Å²) in [6, 6.07) is 19.4. The Labute approximate surface area is 257 Å². The van der Waals surface area contributed by atoms with Crippen molar-refractivity contribution in [2.24, 2.45) is 5.11 Å². The van der Waals surface area contributed by atoms with Gasteiger partial charge in [0.05, 0.1) is 50.7 Å². The lowest BCUT2D eigenvalue weighted by Gasteiger charge is -2.08. The van der Waals surface area contributed by atoms with E-state index in [1.807, 2.05) is 30.3 Å². The molecule has 0 aliphatic heterocycles. The lowest BCUT2D eigenvalue weighted by molar-refractivity contribution is 0.0119. The molecule has 0 saturated heterocycles. The van der Waals surface area contributed by atoms with Crippen LogP contribution in [0.4, 0.5) is 4.39 Å². The second-order valence-corrected chi connectivity index (χ2v) is 10.3. The fourth-order valence-corrected chi connectivity index (χ4v) is 4.74. The zero-order chi connectivity index (χ0) is 30.7. The summed E-state index contributed by atoms with van der Waals surface area (Å²) in [7, 11) is 0. The molecule has 0 bridgehead atoms. The molecular formula is C31H31ClFN7O4. The van der Waals surface area contributed by atoms with Gasteiger partial charge in [-0.15, -0.1) is 0 Å². The van der Waals surface area contributed by atoms with Gasteiger partial charge in [-0.3, -0.25) is 0 Å². The van der Waals surface area contributed by atoms with Gasteiger partial charge < -0.3 is 24.3 Å². The van der Waals surface area contributed by atoms with E-state index >= 15 is 0 Å². The van der Waals surface area contributed by atoms with Crippen molar-refractivity contribution in [3.8, 4) is 23.1 Å². The Bertz CT molecular complexity index is 1720. The lowest BCUT2D eigenvalue weighted by Crippen LogP contribution is -2.10. The zero-order valence-electron chi connectivity index (χ0n) is 23.8. The predicted octanol–water partition coefficient (Wildman–Crippen LogP) is 6.56. The number of aromatic amines is 1. The van der Waals surface area contributed by atoms with Crippen LogP contribution in [0.2, 0.25) is 5.02 Å². The Kier molecular flexibility index (Phi) is 10.8. The minimum absolute atomic E-state index is 0.0271. The number of aromatic hydroxyl groups is 1. The predicted molar refractivity (Wildman–Crippen MR) is 164 cm³/mol. The van der Waals surface area contributed by atoms with E-state index in [0.29, 0.717) is 86.8 Å². The standard InChI is InChI=1S/C31H31ClFN7O4/c32-24-8-12-27-28(19-24)37-31(36-27)40-30(41)26(11-5-21-3-9-25(33)10-4-21)29(38-40)23-6-1-22(2-7-23)20-44-18-17-43-16-15-42-14-13-35-39-34/h1-4,6-10,12,19,41H,5,11,13-18,20H2,(H,36,37). The first kappa shape index (κ1) is 31.0. The zero-order valence-corrected chi connectivity index (χ0v) is 24.6. The number of nitrogens with zero attached hydrogens (tertiary/aromatic N) is 6. The van der Waals surface area contributed by atoms with Crippen LogP contribution in [0.5, 0.6) is 5.88 Å². The van der Waals surface area contributed by atoms with Gasteiger partial charge in [-0.1, -0.05) is 53.1 Å². The summed E-state index contributed by atoms with van der Waals surface area (Å²) in [6.07, 6.45) is 1.06. The van der Waals surface area contributed by atoms with E-state index in [1.165, 1.54) is 16.8 Å². The van der Waals surface area contributed by atoms with Crippen LogP contribution >= 0.6 is 11.6 Å². The molecule has 5 rings (SSSR count). The number of rotatable bonds is 16. The van der Waals surface area contributed by atoms with Gasteiger partial charge >= 0.3 is 0 Å². The molecule has 11 nitrogen and oxygen atoms in total. The average Bonchev–Trinajstić information content (AvgIpc) is 3.60. The topological polar surface area (TPSA) is 143 Å². The Hall–Kier alpha value is -4.45. The minimum Gasteiger partial charge on any atom is -0.493 e. The molecule has 3 aromatic carbocycles. The fourth-order valence-electron chi connectivity index (χ4n) is 4.58. The molecule has 13 heteroatoms. The quantitative estimate of drug-likeness (QED) is 0.0554. The highest BCUT2D eigenvalue weighted by atomic mass is 35.5. The summed E-state index contributed by atoms with van der Waals surface area (Å²) < 4.78 is 31.3. The molecule has 0 unspecified atom stereocenters. The van der Waals surface area contributed by atoms with Crippen molar-refractivity contribution in [3.05, 3.63) is 105 Å². The largest absolute Gasteiger partial charge is 0.493 e. The van der Waals surface area contributed by atoms with Gasteiger partial charge in [-0.2, -0.15) is 9.78 Å². The van der Waals surface area contributed by atoms with Crippen molar-refractivity contribution < 1.29 is 23.7 Å². The van der Waals surface area contributed by atoms with Crippen LogP contribution in [0.1, 0.15) is 16.7 Å². The van der Waals surface area contributed by atoms with E-state index in [9.17, 15) is 9.50 Å². The van der Waals surface area contributed by atoms with Gasteiger partial charge in [0.2, 0.25) is 11.8 Å². The highest BCUT2D eigenvalue weighted by Gasteiger charge is 2.22. The van der Waals surface area contributed by atoms with E-state index in [4.69, 9.17) is 36.4 Å². The van der Waals surface area contributed by atoms with Gasteiger partial charge in [0, 0.05) is 27.6 Å². The van der Waals surface area contributed by atoms with Crippen LogP contribution in [0.25, 0.3) is 38.7 Å². The van der Waals surface area contributed by atoms with Crippen molar-refractivity contribution >= 4 is 22.6 Å². The molecule has 228 valence electrons. The number of aromatic nitrogens is 4. The van der Waals surface area contributed by atoms with Gasteiger partial charge in [0.15, 0.2) is 0 Å². The number of azide groups is 1. The number of hydrogen-bond donors (Lipinski definition) is 2. The summed E-state index contributed by atoms with van der Waals surface area (Å²) in [5.41, 5.74) is 13.6. The Morgan fingerprint density at radius 1 is 0.909 bits per heavy atom. The van der Waals surface area contributed by atoms with Crippen LogP contribution < -0.4 is 0 Å². The third-order valence-corrected chi connectivity index (χ3v) is 7.04. The number of aryl methyl sites for hydroxylation is 1. The van der Waals surface area contributed by atoms with Crippen molar-refractivity contribution in [2.75, 3.05) is 39.6 Å². The number of ether oxygens (including phenoxy) is 3. The van der Waals surface area contributed by atoms with Crippen LogP contribution in [0, 0.1) is 5.82 Å². The van der Waals surface area contributed by atoms with Crippen LogP contribution in [-0.4, -0.2) is 64.4 Å². The van der Waals surface area contributed by atoms with E-state index in [1.54, 1.807) is 24.3 Å². The van der Waals surface area contributed by atoms with Crippen molar-refractivity contribution in [3.63, 3.8) is 0 Å². The molecular weight excluding hydrogens is 589 g/mol. The summed E-state index contributed by atoms with van der Waals surface area (Å²) in [4.78, 5) is 10.4. The van der Waals surface area contributed by atoms with Gasteiger partial charge in [-0.25, -0.2) is 9.37 Å². The van der Waals surface area contributed by atoms with Gasteiger partial charge in [-0.05, 0) is 59.8 Å². The average molecular weight is 620 g/mol. The maximum absolute atomic E-state index is 13.4. The summed E-state index contributed by atoms with van der Waals surface area (Å²) in [6.45, 7) is 2.78. The molecule has 2 aromatic heterocycles. The lowest BCUT2D eigenvalue weighted by atomic mass is 10.0. The van der Waals surface area contributed by atoms with Crippen LogP contribution in [0.15, 0.2) is 71.8 Å². The van der Waals surface area contributed by atoms with Crippen molar-refractivity contribution in [2.45, 2.75) is 19.4 Å². The van der Waals surface area contributed by atoms with Gasteiger partial charge in [0.25, 0.3) is 0 Å². The highest BCUT2D eigenvalue weighted by molar-refractivity contribution is 6.31. The second kappa shape index (κ2) is 15.3.